The van der Waals surface area contributed by atoms with Gasteiger partial charge in [0, 0.05) is 5.70 Å². The summed E-state index contributed by atoms with van der Waals surface area (Å²) in [6.45, 7) is 6.78. The van der Waals surface area contributed by atoms with Gasteiger partial charge in [-0.15, -0.1) is 0 Å². The van der Waals surface area contributed by atoms with Crippen LogP contribution < -0.4 is 5.73 Å². The van der Waals surface area contributed by atoms with Crippen LogP contribution in [0.1, 0.15) is 27.2 Å². The monoisotopic (exact) mass is 151 g/mol. The van der Waals surface area contributed by atoms with Crippen molar-refractivity contribution in [3.05, 3.63) is 23.9 Å². The van der Waals surface area contributed by atoms with Crippen LogP contribution in [0.25, 0.3) is 0 Å². The van der Waals surface area contributed by atoms with Crippen molar-refractivity contribution in [1.29, 1.82) is 0 Å². The summed E-state index contributed by atoms with van der Waals surface area (Å²) in [4.78, 5) is 0. The van der Waals surface area contributed by atoms with E-state index < -0.39 is 0 Å². The van der Waals surface area contributed by atoms with E-state index >= 15 is 0 Å². The highest BCUT2D eigenvalue weighted by Gasteiger charge is 2.22. The molecule has 0 fully saturated rings. The Bertz CT molecular complexity index is 193. The molecule has 0 aliphatic heterocycles. The van der Waals surface area contributed by atoms with Crippen LogP contribution in [0.4, 0.5) is 0 Å². The minimum atomic E-state index is 0.369. The molecule has 1 nitrogen and oxygen atoms in total. The van der Waals surface area contributed by atoms with E-state index in [4.69, 9.17) is 5.73 Å². The fraction of sp³-hybridized carbons (Fsp3) is 0.600. The van der Waals surface area contributed by atoms with Gasteiger partial charge in [0.1, 0.15) is 0 Å². The lowest BCUT2D eigenvalue weighted by molar-refractivity contribution is 0.293. The van der Waals surface area contributed by atoms with Crippen molar-refractivity contribution in [1.82, 2.24) is 0 Å². The quantitative estimate of drug-likeness (QED) is 0.565. The minimum Gasteiger partial charge on any atom is -0.399 e. The van der Waals surface area contributed by atoms with Crippen LogP contribution in [0.3, 0.4) is 0 Å². The first-order valence-corrected chi connectivity index (χ1v) is 4.14. The van der Waals surface area contributed by atoms with Crippen molar-refractivity contribution >= 4 is 0 Å². The highest BCUT2D eigenvalue weighted by atomic mass is 14.6. The van der Waals surface area contributed by atoms with Gasteiger partial charge < -0.3 is 5.73 Å². The summed E-state index contributed by atoms with van der Waals surface area (Å²) in [7, 11) is 0. The Morgan fingerprint density at radius 1 is 1.45 bits per heavy atom. The van der Waals surface area contributed by atoms with E-state index in [0.717, 1.165) is 12.1 Å². The summed E-state index contributed by atoms with van der Waals surface area (Å²) in [6.07, 6.45) is 7.43. The molecule has 0 aromatic carbocycles. The average Bonchev–Trinajstić information content (AvgIpc) is 1.86. The normalized spacial score (nSPS) is 25.0. The van der Waals surface area contributed by atoms with Gasteiger partial charge in [-0.1, -0.05) is 32.9 Å². The topological polar surface area (TPSA) is 26.0 Å². The smallest absolute Gasteiger partial charge is 0.0270 e. The van der Waals surface area contributed by atoms with Gasteiger partial charge in [0.2, 0.25) is 0 Å². The molecule has 0 spiro atoms. The number of rotatable bonds is 0. The van der Waals surface area contributed by atoms with E-state index in [0.29, 0.717) is 11.3 Å². The maximum absolute atomic E-state index is 5.61. The fourth-order valence-corrected chi connectivity index (χ4v) is 1.28. The predicted octanol–water partition coefficient (Wildman–Crippen LogP) is 2.45. The first kappa shape index (κ1) is 8.38. The highest BCUT2D eigenvalue weighted by molar-refractivity contribution is 5.21. The molecular weight excluding hydrogens is 134 g/mol. The van der Waals surface area contributed by atoms with Gasteiger partial charge in [-0.2, -0.15) is 0 Å². The summed E-state index contributed by atoms with van der Waals surface area (Å²) in [5.41, 5.74) is 6.89. The Morgan fingerprint density at radius 3 is 2.45 bits per heavy atom. The lowest BCUT2D eigenvalue weighted by Crippen LogP contribution is -2.20. The fourth-order valence-electron chi connectivity index (χ4n) is 1.28. The van der Waals surface area contributed by atoms with E-state index in [1.807, 2.05) is 6.08 Å². The molecule has 1 atom stereocenters. The maximum atomic E-state index is 5.61. The Hall–Kier alpha value is -0.720. The van der Waals surface area contributed by atoms with Gasteiger partial charge >= 0.3 is 0 Å². The lowest BCUT2D eigenvalue weighted by atomic mass is 9.77. The second-order valence-corrected chi connectivity index (χ2v) is 4.27. The zero-order chi connectivity index (χ0) is 8.48. The number of hydrogen-bond donors (Lipinski definition) is 1. The Balaban J connectivity index is 2.63. The molecule has 0 unspecified atom stereocenters. The second-order valence-electron chi connectivity index (χ2n) is 4.27. The summed E-state index contributed by atoms with van der Waals surface area (Å²) < 4.78 is 0. The molecule has 11 heavy (non-hydrogen) atoms. The zero-order valence-electron chi connectivity index (χ0n) is 7.59. The van der Waals surface area contributed by atoms with Crippen LogP contribution >= 0.6 is 0 Å². The first-order chi connectivity index (χ1) is 5.00. The van der Waals surface area contributed by atoms with Gasteiger partial charge in [0.05, 0.1) is 0 Å². The Kier molecular flexibility index (Phi) is 2.08. The van der Waals surface area contributed by atoms with E-state index in [-0.39, 0.29) is 0 Å². The molecule has 1 aliphatic rings. The molecule has 0 amide bonds. The molecule has 1 aliphatic carbocycles. The molecule has 0 aromatic heterocycles. The Morgan fingerprint density at radius 2 is 2.09 bits per heavy atom. The van der Waals surface area contributed by atoms with Crippen molar-refractivity contribution in [3.63, 3.8) is 0 Å². The molecule has 0 radical (unpaired) electrons. The second kappa shape index (κ2) is 2.72. The van der Waals surface area contributed by atoms with Crippen LogP contribution in [0.2, 0.25) is 0 Å². The molecule has 0 saturated heterocycles. The van der Waals surface area contributed by atoms with Crippen molar-refractivity contribution < 1.29 is 0 Å². The van der Waals surface area contributed by atoms with Crippen LogP contribution in [0, 0.1) is 11.3 Å². The summed E-state index contributed by atoms with van der Waals surface area (Å²) >= 11 is 0. The van der Waals surface area contributed by atoms with E-state index in [1.54, 1.807) is 0 Å². The molecule has 0 bridgehead atoms. The van der Waals surface area contributed by atoms with Crippen LogP contribution in [-0.2, 0) is 0 Å². The summed E-state index contributed by atoms with van der Waals surface area (Å²) in [6, 6.07) is 0. The molecule has 1 heteroatoms. The Labute approximate surface area is 69.0 Å². The predicted molar refractivity (Wildman–Crippen MR) is 49.0 cm³/mol. The third kappa shape index (κ3) is 2.11. The van der Waals surface area contributed by atoms with Crippen molar-refractivity contribution in [2.45, 2.75) is 27.2 Å². The third-order valence-electron chi connectivity index (χ3n) is 2.24. The molecular formula is C10H17N. The lowest BCUT2D eigenvalue weighted by Gasteiger charge is -2.28. The minimum absolute atomic E-state index is 0.369. The zero-order valence-corrected chi connectivity index (χ0v) is 7.59. The van der Waals surface area contributed by atoms with Crippen molar-refractivity contribution in [3.8, 4) is 0 Å². The average molecular weight is 151 g/mol. The van der Waals surface area contributed by atoms with Crippen LogP contribution in [-0.4, -0.2) is 0 Å². The van der Waals surface area contributed by atoms with E-state index in [2.05, 4.69) is 32.9 Å². The number of hydrogen-bond acceptors (Lipinski definition) is 1. The van der Waals surface area contributed by atoms with Crippen molar-refractivity contribution in [2.24, 2.45) is 17.1 Å². The van der Waals surface area contributed by atoms with Gasteiger partial charge in [-0.25, -0.2) is 0 Å². The van der Waals surface area contributed by atoms with Crippen molar-refractivity contribution in [2.75, 3.05) is 0 Å². The van der Waals surface area contributed by atoms with Gasteiger partial charge in [0.25, 0.3) is 0 Å². The standard InChI is InChI=1S/C10H17N/c1-10(2,3)8-4-6-9(11)7-5-8/h4,6-8H,5,11H2,1-3H3/t8-/m0/s1. The number of nitrogens with two attached hydrogens (primary N) is 1. The van der Waals surface area contributed by atoms with Crippen LogP contribution in [0.15, 0.2) is 23.9 Å². The van der Waals surface area contributed by atoms with Crippen LogP contribution in [0.5, 0.6) is 0 Å². The van der Waals surface area contributed by atoms with Gasteiger partial charge in [-0.3, -0.25) is 0 Å². The SMILES string of the molecule is CC(C)(C)[C@H]1C=CC(N)=CC1. The summed E-state index contributed by atoms with van der Waals surface area (Å²) in [5.74, 6) is 0.648. The molecule has 62 valence electrons. The van der Waals surface area contributed by atoms with E-state index in [1.165, 1.54) is 0 Å². The number of allylic oxidation sites excluding steroid dienone is 3. The van der Waals surface area contributed by atoms with Gasteiger partial charge in [0.15, 0.2) is 0 Å². The molecule has 0 aromatic rings. The largest absolute Gasteiger partial charge is 0.399 e. The molecule has 0 saturated carbocycles. The molecule has 0 heterocycles. The maximum Gasteiger partial charge on any atom is 0.0270 e. The molecule has 1 rings (SSSR count). The van der Waals surface area contributed by atoms with Gasteiger partial charge in [-0.05, 0) is 23.8 Å². The highest BCUT2D eigenvalue weighted by Crippen LogP contribution is 2.32. The van der Waals surface area contributed by atoms with E-state index in [9.17, 15) is 0 Å². The summed E-state index contributed by atoms with van der Waals surface area (Å²) in [5, 5.41) is 0. The third-order valence-corrected chi connectivity index (χ3v) is 2.24. The molecule has 2 N–H and O–H groups in total. The first-order valence-electron chi connectivity index (χ1n) is 4.14.